The molecule has 1 aliphatic carbocycles. The van der Waals surface area contributed by atoms with Crippen LogP contribution in [0.4, 0.5) is 10.1 Å². The van der Waals surface area contributed by atoms with Crippen LogP contribution in [0, 0.1) is 5.82 Å². The van der Waals surface area contributed by atoms with Crippen LogP contribution >= 0.6 is 11.8 Å². The van der Waals surface area contributed by atoms with Crippen LogP contribution in [-0.2, 0) is 0 Å². The Hall–Kier alpha value is -0.740. The minimum Gasteiger partial charge on any atom is -0.398 e. The molecule has 1 aromatic carbocycles. The molecule has 0 atom stereocenters. The van der Waals surface area contributed by atoms with E-state index in [-0.39, 0.29) is 5.82 Å². The number of thioether (sulfide) groups is 1. The molecule has 0 heterocycles. The highest BCUT2D eigenvalue weighted by Crippen LogP contribution is 2.35. The lowest BCUT2D eigenvalue weighted by Gasteiger charge is -2.31. The number of nitrogens with two attached hydrogens (primary N) is 1. The fourth-order valence-corrected chi connectivity index (χ4v) is 3.32. The molecule has 0 amide bonds. The van der Waals surface area contributed by atoms with E-state index in [2.05, 4.69) is 0 Å². The monoisotopic (exact) mass is 255 g/mol. The van der Waals surface area contributed by atoms with Crippen LogP contribution < -0.4 is 5.73 Å². The summed E-state index contributed by atoms with van der Waals surface area (Å²) in [6.07, 6.45) is 5.12. The summed E-state index contributed by atoms with van der Waals surface area (Å²) in [5.41, 5.74) is 5.63. The van der Waals surface area contributed by atoms with Crippen molar-refractivity contribution in [3.8, 4) is 0 Å². The van der Waals surface area contributed by atoms with E-state index in [1.54, 1.807) is 6.07 Å². The standard InChI is InChI=1S/C13H18FNOS/c14-10-4-5-12(11(15)8-10)17-9-13(16)6-2-1-3-7-13/h4-5,8,16H,1-3,6-7,9,15H2. The quantitative estimate of drug-likeness (QED) is 0.644. The average Bonchev–Trinajstić information content (AvgIpc) is 2.29. The smallest absolute Gasteiger partial charge is 0.125 e. The van der Waals surface area contributed by atoms with Gasteiger partial charge >= 0.3 is 0 Å². The second-order valence-corrected chi connectivity index (χ2v) is 5.77. The minimum absolute atomic E-state index is 0.316. The van der Waals surface area contributed by atoms with Gasteiger partial charge in [-0.25, -0.2) is 4.39 Å². The van der Waals surface area contributed by atoms with E-state index in [4.69, 9.17) is 5.73 Å². The minimum atomic E-state index is -0.566. The first-order chi connectivity index (χ1) is 8.09. The summed E-state index contributed by atoms with van der Waals surface area (Å²) in [6.45, 7) is 0. The number of rotatable bonds is 3. The SMILES string of the molecule is Nc1cc(F)ccc1SCC1(O)CCCCC1. The van der Waals surface area contributed by atoms with Crippen molar-refractivity contribution < 1.29 is 9.50 Å². The first kappa shape index (κ1) is 12.7. The van der Waals surface area contributed by atoms with Crippen LogP contribution in [0.25, 0.3) is 0 Å². The normalized spacial score (nSPS) is 19.2. The van der Waals surface area contributed by atoms with Crippen LogP contribution in [0.2, 0.25) is 0 Å². The molecule has 0 aromatic heterocycles. The number of benzene rings is 1. The van der Waals surface area contributed by atoms with Gasteiger partial charge in [0.2, 0.25) is 0 Å². The maximum absolute atomic E-state index is 12.9. The molecule has 0 unspecified atom stereocenters. The summed E-state index contributed by atoms with van der Waals surface area (Å²) in [5.74, 6) is 0.325. The summed E-state index contributed by atoms with van der Waals surface area (Å²) >= 11 is 1.52. The zero-order chi connectivity index (χ0) is 12.3. The van der Waals surface area contributed by atoms with Gasteiger partial charge in [-0.3, -0.25) is 0 Å². The van der Waals surface area contributed by atoms with Gasteiger partial charge in [-0.15, -0.1) is 11.8 Å². The van der Waals surface area contributed by atoms with Gasteiger partial charge in [0, 0.05) is 16.3 Å². The summed E-state index contributed by atoms with van der Waals surface area (Å²) in [6, 6.07) is 4.42. The molecule has 1 saturated carbocycles. The highest BCUT2D eigenvalue weighted by Gasteiger charge is 2.29. The lowest BCUT2D eigenvalue weighted by molar-refractivity contribution is 0.0273. The van der Waals surface area contributed by atoms with Crippen LogP contribution in [0.5, 0.6) is 0 Å². The lowest BCUT2D eigenvalue weighted by Crippen LogP contribution is -2.33. The highest BCUT2D eigenvalue weighted by atomic mass is 32.2. The highest BCUT2D eigenvalue weighted by molar-refractivity contribution is 7.99. The van der Waals surface area contributed by atoms with Crippen molar-refractivity contribution in [2.45, 2.75) is 42.6 Å². The van der Waals surface area contributed by atoms with E-state index in [1.807, 2.05) is 0 Å². The Balaban J connectivity index is 1.97. The molecule has 0 radical (unpaired) electrons. The predicted molar refractivity (Wildman–Crippen MR) is 69.6 cm³/mol. The van der Waals surface area contributed by atoms with Gasteiger partial charge in [-0.2, -0.15) is 0 Å². The van der Waals surface area contributed by atoms with Crippen LogP contribution in [-0.4, -0.2) is 16.5 Å². The molecular weight excluding hydrogens is 237 g/mol. The maximum atomic E-state index is 12.9. The van der Waals surface area contributed by atoms with Gasteiger partial charge in [-0.1, -0.05) is 19.3 Å². The molecule has 0 spiro atoms. The summed E-state index contributed by atoms with van der Waals surface area (Å²) in [4.78, 5) is 0.852. The van der Waals surface area contributed by atoms with Gasteiger partial charge in [0.15, 0.2) is 0 Å². The Morgan fingerprint density at radius 1 is 1.29 bits per heavy atom. The molecule has 0 aliphatic heterocycles. The summed E-state index contributed by atoms with van der Waals surface area (Å²) in [7, 11) is 0. The first-order valence-corrected chi connectivity index (χ1v) is 6.98. The molecule has 1 fully saturated rings. The molecule has 94 valence electrons. The van der Waals surface area contributed by atoms with E-state index in [0.717, 1.165) is 30.6 Å². The van der Waals surface area contributed by atoms with Crippen LogP contribution in [0.15, 0.2) is 23.1 Å². The Morgan fingerprint density at radius 2 is 2.00 bits per heavy atom. The van der Waals surface area contributed by atoms with Gasteiger partial charge in [-0.05, 0) is 31.0 Å². The Kier molecular flexibility index (Phi) is 3.94. The van der Waals surface area contributed by atoms with Gasteiger partial charge in [0.05, 0.1) is 5.60 Å². The molecule has 2 rings (SSSR count). The Morgan fingerprint density at radius 3 is 2.65 bits per heavy atom. The van der Waals surface area contributed by atoms with Crippen molar-refractivity contribution in [2.24, 2.45) is 0 Å². The third kappa shape index (κ3) is 3.36. The summed E-state index contributed by atoms with van der Waals surface area (Å²) in [5, 5.41) is 10.3. The Bertz CT molecular complexity index is 391. The summed E-state index contributed by atoms with van der Waals surface area (Å²) < 4.78 is 12.9. The average molecular weight is 255 g/mol. The van der Waals surface area contributed by atoms with Crippen molar-refractivity contribution in [1.82, 2.24) is 0 Å². The van der Waals surface area contributed by atoms with E-state index in [1.165, 1.54) is 30.3 Å². The van der Waals surface area contributed by atoms with Crippen molar-refractivity contribution in [1.29, 1.82) is 0 Å². The van der Waals surface area contributed by atoms with Crippen molar-refractivity contribution >= 4 is 17.4 Å². The zero-order valence-electron chi connectivity index (χ0n) is 9.79. The second kappa shape index (κ2) is 5.27. The number of nitrogen functional groups attached to an aromatic ring is 1. The molecular formula is C13H18FNOS. The maximum Gasteiger partial charge on any atom is 0.125 e. The molecule has 0 bridgehead atoms. The molecule has 4 heteroatoms. The zero-order valence-corrected chi connectivity index (χ0v) is 10.6. The van der Waals surface area contributed by atoms with Crippen molar-refractivity contribution in [3.63, 3.8) is 0 Å². The van der Waals surface area contributed by atoms with Gasteiger partial charge in [0.25, 0.3) is 0 Å². The largest absolute Gasteiger partial charge is 0.398 e. The topological polar surface area (TPSA) is 46.2 Å². The third-order valence-electron chi connectivity index (χ3n) is 3.25. The van der Waals surface area contributed by atoms with E-state index >= 15 is 0 Å². The predicted octanol–water partition coefficient (Wildman–Crippen LogP) is 3.20. The fourth-order valence-electron chi connectivity index (χ4n) is 2.22. The van der Waals surface area contributed by atoms with E-state index < -0.39 is 5.60 Å². The van der Waals surface area contributed by atoms with Crippen molar-refractivity contribution in [2.75, 3.05) is 11.5 Å². The third-order valence-corrected chi connectivity index (χ3v) is 4.62. The first-order valence-electron chi connectivity index (χ1n) is 5.99. The van der Waals surface area contributed by atoms with Gasteiger partial charge in [0.1, 0.15) is 5.82 Å². The molecule has 3 N–H and O–H groups in total. The molecule has 0 saturated heterocycles. The van der Waals surface area contributed by atoms with Crippen LogP contribution in [0.1, 0.15) is 32.1 Å². The molecule has 1 aromatic rings. The molecule has 17 heavy (non-hydrogen) atoms. The second-order valence-electron chi connectivity index (χ2n) is 4.76. The van der Waals surface area contributed by atoms with Crippen molar-refractivity contribution in [3.05, 3.63) is 24.0 Å². The number of anilines is 1. The molecule has 1 aliphatic rings. The van der Waals surface area contributed by atoms with E-state index in [0.29, 0.717) is 11.4 Å². The van der Waals surface area contributed by atoms with E-state index in [9.17, 15) is 9.50 Å². The molecule has 2 nitrogen and oxygen atoms in total. The Labute approximate surface area is 105 Å². The number of hydrogen-bond acceptors (Lipinski definition) is 3. The van der Waals surface area contributed by atoms with Gasteiger partial charge < -0.3 is 10.8 Å². The lowest BCUT2D eigenvalue weighted by atomic mass is 9.86. The fraction of sp³-hybridized carbons (Fsp3) is 0.538. The van der Waals surface area contributed by atoms with Crippen LogP contribution in [0.3, 0.4) is 0 Å². The number of hydrogen-bond donors (Lipinski definition) is 2. The number of halogens is 1. The number of aliphatic hydroxyl groups is 1.